The third kappa shape index (κ3) is 3.08. The van der Waals surface area contributed by atoms with E-state index in [1.54, 1.807) is 13.0 Å². The van der Waals surface area contributed by atoms with Crippen LogP contribution in [0, 0.1) is 5.82 Å². The quantitative estimate of drug-likeness (QED) is 0.781. The topological polar surface area (TPSA) is 46.5 Å². The van der Waals surface area contributed by atoms with Gasteiger partial charge in [-0.2, -0.15) is 0 Å². The summed E-state index contributed by atoms with van der Waals surface area (Å²) >= 11 is 0. The van der Waals surface area contributed by atoms with Crippen molar-refractivity contribution >= 4 is 11.7 Å². The number of carboxylic acids is 1. The standard InChI is InChI=1S/C12H13FO3/c1-3-16-8(2)9-4-5-10(7-12(14)15)11(13)6-9/h4-6H,2-3,7H2,1H3,(H,14,15). The molecule has 0 unspecified atom stereocenters. The highest BCUT2D eigenvalue weighted by Crippen LogP contribution is 2.18. The molecule has 0 saturated heterocycles. The fourth-order valence-electron chi connectivity index (χ4n) is 1.28. The summed E-state index contributed by atoms with van der Waals surface area (Å²) < 4.78 is 18.6. The van der Waals surface area contributed by atoms with Crippen molar-refractivity contribution in [1.29, 1.82) is 0 Å². The second-order valence-corrected chi connectivity index (χ2v) is 3.23. The van der Waals surface area contributed by atoms with E-state index < -0.39 is 11.8 Å². The summed E-state index contributed by atoms with van der Waals surface area (Å²) in [5.41, 5.74) is 0.675. The fourth-order valence-corrected chi connectivity index (χ4v) is 1.28. The minimum absolute atomic E-state index is 0.153. The van der Waals surface area contributed by atoms with E-state index in [0.717, 1.165) is 0 Å². The molecule has 0 bridgehead atoms. The lowest BCUT2D eigenvalue weighted by atomic mass is 10.1. The van der Waals surface area contributed by atoms with E-state index in [2.05, 4.69) is 6.58 Å². The summed E-state index contributed by atoms with van der Waals surface area (Å²) in [5.74, 6) is -1.24. The van der Waals surface area contributed by atoms with Crippen LogP contribution in [0.25, 0.3) is 5.76 Å². The zero-order valence-corrected chi connectivity index (χ0v) is 9.00. The molecule has 86 valence electrons. The number of benzene rings is 1. The molecule has 0 amide bonds. The van der Waals surface area contributed by atoms with Crippen molar-refractivity contribution in [2.75, 3.05) is 6.61 Å². The van der Waals surface area contributed by atoms with Gasteiger partial charge < -0.3 is 9.84 Å². The van der Waals surface area contributed by atoms with Crippen LogP contribution in [-0.4, -0.2) is 17.7 Å². The van der Waals surface area contributed by atoms with Gasteiger partial charge in [0.2, 0.25) is 0 Å². The molecule has 1 rings (SSSR count). The predicted molar refractivity (Wildman–Crippen MR) is 58.4 cm³/mol. The zero-order chi connectivity index (χ0) is 12.1. The van der Waals surface area contributed by atoms with E-state index in [1.807, 2.05) is 0 Å². The molecule has 0 radical (unpaired) electrons. The Balaban J connectivity index is 2.90. The molecule has 1 N–H and O–H groups in total. The first-order valence-corrected chi connectivity index (χ1v) is 4.87. The van der Waals surface area contributed by atoms with Crippen molar-refractivity contribution in [2.45, 2.75) is 13.3 Å². The molecule has 3 nitrogen and oxygen atoms in total. The van der Waals surface area contributed by atoms with Crippen LogP contribution < -0.4 is 0 Å². The van der Waals surface area contributed by atoms with Gasteiger partial charge in [-0.1, -0.05) is 18.7 Å². The van der Waals surface area contributed by atoms with E-state index in [9.17, 15) is 9.18 Å². The molecule has 16 heavy (non-hydrogen) atoms. The molecule has 0 spiro atoms. The summed E-state index contributed by atoms with van der Waals surface area (Å²) in [5, 5.41) is 8.55. The first kappa shape index (κ1) is 12.2. The lowest BCUT2D eigenvalue weighted by Crippen LogP contribution is -2.03. The highest BCUT2D eigenvalue weighted by molar-refractivity contribution is 5.70. The smallest absolute Gasteiger partial charge is 0.307 e. The van der Waals surface area contributed by atoms with Crippen LogP contribution in [0.4, 0.5) is 4.39 Å². The number of rotatable bonds is 5. The van der Waals surface area contributed by atoms with E-state index in [1.165, 1.54) is 12.1 Å². The van der Waals surface area contributed by atoms with Gasteiger partial charge in [0.15, 0.2) is 0 Å². The predicted octanol–water partition coefficient (Wildman–Crippen LogP) is 2.46. The van der Waals surface area contributed by atoms with E-state index in [0.29, 0.717) is 17.9 Å². The molecule has 0 aliphatic rings. The maximum atomic E-state index is 13.5. The van der Waals surface area contributed by atoms with Gasteiger partial charge in [-0.05, 0) is 18.6 Å². The molecule has 0 atom stereocenters. The highest BCUT2D eigenvalue weighted by atomic mass is 19.1. The molecule has 4 heteroatoms. The Kier molecular flexibility index (Phi) is 4.05. The molecule has 0 heterocycles. The molecule has 0 saturated carbocycles. The van der Waals surface area contributed by atoms with Crippen LogP contribution in [0.15, 0.2) is 24.8 Å². The lowest BCUT2D eigenvalue weighted by Gasteiger charge is -2.08. The Labute approximate surface area is 93.2 Å². The van der Waals surface area contributed by atoms with Crippen molar-refractivity contribution in [3.63, 3.8) is 0 Å². The molecule has 1 aromatic carbocycles. The van der Waals surface area contributed by atoms with Gasteiger partial charge in [-0.15, -0.1) is 0 Å². The van der Waals surface area contributed by atoms with Gasteiger partial charge in [0, 0.05) is 5.56 Å². The van der Waals surface area contributed by atoms with Gasteiger partial charge in [-0.25, -0.2) is 4.39 Å². The van der Waals surface area contributed by atoms with Crippen molar-refractivity contribution < 1.29 is 19.0 Å². The third-order valence-electron chi connectivity index (χ3n) is 2.04. The Morgan fingerprint density at radius 2 is 2.25 bits per heavy atom. The Hall–Kier alpha value is -1.84. The number of carboxylic acid groups (broad SMARTS) is 1. The van der Waals surface area contributed by atoms with Crippen molar-refractivity contribution in [3.05, 3.63) is 41.7 Å². The minimum atomic E-state index is -1.06. The summed E-state index contributed by atoms with van der Waals surface area (Å²) in [6.45, 7) is 5.90. The maximum absolute atomic E-state index is 13.5. The summed E-state index contributed by atoms with van der Waals surface area (Å²) in [4.78, 5) is 10.4. The normalized spacial score (nSPS) is 9.88. The monoisotopic (exact) mass is 224 g/mol. The van der Waals surface area contributed by atoms with Crippen LogP contribution in [0.3, 0.4) is 0 Å². The van der Waals surface area contributed by atoms with Crippen LogP contribution >= 0.6 is 0 Å². The SMILES string of the molecule is C=C(OCC)c1ccc(CC(=O)O)c(F)c1. The van der Waals surface area contributed by atoms with Crippen molar-refractivity contribution in [1.82, 2.24) is 0 Å². The number of ether oxygens (including phenoxy) is 1. The average Bonchev–Trinajstić information content (AvgIpc) is 2.20. The van der Waals surface area contributed by atoms with Gasteiger partial charge in [-0.3, -0.25) is 4.79 Å². The van der Waals surface area contributed by atoms with Crippen molar-refractivity contribution in [3.8, 4) is 0 Å². The number of aliphatic carboxylic acids is 1. The zero-order valence-electron chi connectivity index (χ0n) is 9.00. The molecule has 0 aliphatic heterocycles. The number of hydrogen-bond donors (Lipinski definition) is 1. The Morgan fingerprint density at radius 3 is 2.75 bits per heavy atom. The molecule has 0 aliphatic carbocycles. The van der Waals surface area contributed by atoms with Gasteiger partial charge >= 0.3 is 5.97 Å². The summed E-state index contributed by atoms with van der Waals surface area (Å²) in [7, 11) is 0. The Bertz CT molecular complexity index is 413. The number of hydrogen-bond acceptors (Lipinski definition) is 2. The number of halogens is 1. The van der Waals surface area contributed by atoms with Gasteiger partial charge in [0.25, 0.3) is 0 Å². The van der Waals surface area contributed by atoms with Crippen LogP contribution in [0.2, 0.25) is 0 Å². The van der Waals surface area contributed by atoms with Gasteiger partial charge in [0.1, 0.15) is 11.6 Å². The van der Waals surface area contributed by atoms with Crippen LogP contribution in [-0.2, 0) is 16.0 Å². The van der Waals surface area contributed by atoms with E-state index in [-0.39, 0.29) is 12.0 Å². The molecule has 1 aromatic rings. The first-order chi connectivity index (χ1) is 7.54. The van der Waals surface area contributed by atoms with E-state index in [4.69, 9.17) is 9.84 Å². The highest BCUT2D eigenvalue weighted by Gasteiger charge is 2.09. The maximum Gasteiger partial charge on any atom is 0.307 e. The Morgan fingerprint density at radius 1 is 1.56 bits per heavy atom. The average molecular weight is 224 g/mol. The summed E-state index contributed by atoms with van der Waals surface area (Å²) in [6.07, 6.45) is -0.326. The van der Waals surface area contributed by atoms with Crippen molar-refractivity contribution in [2.24, 2.45) is 0 Å². The molecule has 0 aromatic heterocycles. The van der Waals surface area contributed by atoms with E-state index >= 15 is 0 Å². The molecular formula is C12H13FO3. The lowest BCUT2D eigenvalue weighted by molar-refractivity contribution is -0.136. The second kappa shape index (κ2) is 5.30. The minimum Gasteiger partial charge on any atom is -0.494 e. The molecule has 0 fully saturated rings. The van der Waals surface area contributed by atoms with Gasteiger partial charge in [0.05, 0.1) is 13.0 Å². The molecular weight excluding hydrogens is 211 g/mol. The van der Waals surface area contributed by atoms with Crippen LogP contribution in [0.1, 0.15) is 18.1 Å². The largest absolute Gasteiger partial charge is 0.494 e. The third-order valence-corrected chi connectivity index (χ3v) is 2.04. The fraction of sp³-hybridized carbons (Fsp3) is 0.250. The summed E-state index contributed by atoms with van der Waals surface area (Å²) in [6, 6.07) is 4.26. The van der Waals surface area contributed by atoms with Crippen LogP contribution in [0.5, 0.6) is 0 Å². The first-order valence-electron chi connectivity index (χ1n) is 4.87. The second-order valence-electron chi connectivity index (χ2n) is 3.23. The number of carbonyl (C=O) groups is 1.